The molecule has 1 aromatic heterocycles. The number of hydrazone groups is 1. The molecule has 0 bridgehead atoms. The fourth-order valence-electron chi connectivity index (χ4n) is 3.39. The van der Waals surface area contributed by atoms with E-state index in [1.807, 2.05) is 43.3 Å². The first-order chi connectivity index (χ1) is 13.2. The molecule has 2 aromatic carbocycles. The van der Waals surface area contributed by atoms with Crippen molar-refractivity contribution >= 4 is 23.0 Å². The summed E-state index contributed by atoms with van der Waals surface area (Å²) in [6.45, 7) is 1.91. The summed E-state index contributed by atoms with van der Waals surface area (Å²) in [5.41, 5.74) is 8.20. The second-order valence-corrected chi connectivity index (χ2v) is 7.98. The van der Waals surface area contributed by atoms with Crippen LogP contribution in [-0.2, 0) is 12.8 Å². The summed E-state index contributed by atoms with van der Waals surface area (Å²) in [7, 11) is 0. The van der Waals surface area contributed by atoms with Gasteiger partial charge in [0.25, 0.3) is 5.91 Å². The zero-order chi connectivity index (χ0) is 18.6. The van der Waals surface area contributed by atoms with Gasteiger partial charge in [0.05, 0.1) is 10.6 Å². The fraction of sp³-hybridized carbons (Fsp3) is 0.217. The maximum atomic E-state index is 12.4. The number of nitrogens with zero attached hydrogens (tertiary/aromatic N) is 1. The molecule has 27 heavy (non-hydrogen) atoms. The number of carbonyl (C=O) groups excluding carboxylic acids is 1. The maximum absolute atomic E-state index is 12.4. The Balaban J connectivity index is 1.44. The van der Waals surface area contributed by atoms with E-state index in [2.05, 4.69) is 34.8 Å². The number of aryl methyl sites for hydroxylation is 2. The summed E-state index contributed by atoms with van der Waals surface area (Å²) in [6, 6.07) is 20.6. The molecule has 0 unspecified atom stereocenters. The Morgan fingerprint density at radius 1 is 0.963 bits per heavy atom. The average molecular weight is 375 g/mol. The molecule has 0 spiro atoms. The van der Waals surface area contributed by atoms with Gasteiger partial charge in [-0.2, -0.15) is 5.10 Å². The van der Waals surface area contributed by atoms with E-state index in [1.165, 1.54) is 34.4 Å². The third-order valence-electron chi connectivity index (χ3n) is 4.96. The molecular weight excluding hydrogens is 352 g/mol. The van der Waals surface area contributed by atoms with E-state index in [-0.39, 0.29) is 5.91 Å². The fourth-order valence-corrected chi connectivity index (χ4v) is 4.53. The summed E-state index contributed by atoms with van der Waals surface area (Å²) in [4.78, 5) is 14.6. The van der Waals surface area contributed by atoms with Crippen LogP contribution in [0.5, 0.6) is 0 Å². The topological polar surface area (TPSA) is 41.5 Å². The minimum absolute atomic E-state index is 0.116. The summed E-state index contributed by atoms with van der Waals surface area (Å²) in [6.07, 6.45) is 4.64. The molecule has 4 rings (SSSR count). The molecule has 0 fully saturated rings. The van der Waals surface area contributed by atoms with Gasteiger partial charge in [-0.15, -0.1) is 11.3 Å². The molecule has 3 nitrogen and oxygen atoms in total. The van der Waals surface area contributed by atoms with Crippen LogP contribution < -0.4 is 5.43 Å². The van der Waals surface area contributed by atoms with Gasteiger partial charge in [0.1, 0.15) is 0 Å². The Hall–Kier alpha value is -2.72. The Kier molecular flexibility index (Phi) is 5.16. The van der Waals surface area contributed by atoms with Crippen molar-refractivity contribution in [3.8, 4) is 11.1 Å². The molecule has 0 atom stereocenters. The predicted octanol–water partition coefficient (Wildman–Crippen LogP) is 5.45. The maximum Gasteiger partial charge on any atom is 0.281 e. The summed E-state index contributed by atoms with van der Waals surface area (Å²) in [5, 5.41) is 4.30. The van der Waals surface area contributed by atoms with Gasteiger partial charge in [-0.25, -0.2) is 5.43 Å². The number of rotatable bonds is 4. The van der Waals surface area contributed by atoms with Crippen molar-refractivity contribution < 1.29 is 4.79 Å². The SMILES string of the molecule is C/C(=N\NC(=O)c1cc2c(s1)CCCC2)c1ccc(-c2ccccc2)cc1. The largest absolute Gasteiger partial charge is 0.281 e. The van der Waals surface area contributed by atoms with E-state index in [0.29, 0.717) is 0 Å². The molecule has 1 aliphatic carbocycles. The minimum atomic E-state index is -0.116. The molecule has 0 saturated heterocycles. The van der Waals surface area contributed by atoms with Gasteiger partial charge in [0.2, 0.25) is 0 Å². The monoisotopic (exact) mass is 374 g/mol. The Morgan fingerprint density at radius 3 is 2.41 bits per heavy atom. The lowest BCUT2D eigenvalue weighted by atomic mass is 9.99. The molecule has 1 aliphatic rings. The predicted molar refractivity (Wildman–Crippen MR) is 113 cm³/mol. The highest BCUT2D eigenvalue weighted by Crippen LogP contribution is 2.29. The number of hydrogen-bond acceptors (Lipinski definition) is 3. The van der Waals surface area contributed by atoms with Crippen LogP contribution >= 0.6 is 11.3 Å². The molecule has 4 heteroatoms. The second-order valence-electron chi connectivity index (χ2n) is 6.85. The van der Waals surface area contributed by atoms with Crippen molar-refractivity contribution in [3.05, 3.63) is 81.5 Å². The Labute approximate surface area is 163 Å². The quantitative estimate of drug-likeness (QED) is 0.479. The molecule has 0 aliphatic heterocycles. The normalized spacial score (nSPS) is 13.9. The van der Waals surface area contributed by atoms with Crippen molar-refractivity contribution in [2.75, 3.05) is 0 Å². The molecule has 136 valence electrons. The van der Waals surface area contributed by atoms with Gasteiger partial charge >= 0.3 is 0 Å². The minimum Gasteiger partial charge on any atom is -0.266 e. The summed E-state index contributed by atoms with van der Waals surface area (Å²) >= 11 is 1.61. The van der Waals surface area contributed by atoms with Crippen molar-refractivity contribution in [2.45, 2.75) is 32.6 Å². The zero-order valence-corrected chi connectivity index (χ0v) is 16.2. The zero-order valence-electron chi connectivity index (χ0n) is 15.4. The molecule has 0 saturated carbocycles. The first kappa shape index (κ1) is 17.7. The smallest absolute Gasteiger partial charge is 0.266 e. The van der Waals surface area contributed by atoms with Gasteiger partial charge in [0.15, 0.2) is 0 Å². The van der Waals surface area contributed by atoms with Crippen molar-refractivity contribution in [3.63, 3.8) is 0 Å². The van der Waals surface area contributed by atoms with Crippen LogP contribution in [0.25, 0.3) is 11.1 Å². The highest BCUT2D eigenvalue weighted by molar-refractivity contribution is 7.14. The molecule has 1 amide bonds. The molecule has 0 radical (unpaired) electrons. The first-order valence-electron chi connectivity index (χ1n) is 9.33. The second kappa shape index (κ2) is 7.89. The van der Waals surface area contributed by atoms with Crippen LogP contribution in [0.1, 0.15) is 45.4 Å². The number of amides is 1. The standard InChI is InChI=1S/C23H22N2OS/c1-16(17-11-13-19(14-12-17)18-7-3-2-4-8-18)24-25-23(26)22-15-20-9-5-6-10-21(20)27-22/h2-4,7-8,11-15H,5-6,9-10H2,1H3,(H,25,26)/b24-16+. The molecule has 1 heterocycles. The van der Waals surface area contributed by atoms with E-state index in [4.69, 9.17) is 0 Å². The van der Waals surface area contributed by atoms with Crippen LogP contribution in [0.15, 0.2) is 65.8 Å². The number of nitrogens with one attached hydrogen (secondary N) is 1. The third-order valence-corrected chi connectivity index (χ3v) is 6.19. The molecular formula is C23H22N2OS. The van der Waals surface area contributed by atoms with Crippen LogP contribution in [0.4, 0.5) is 0 Å². The van der Waals surface area contributed by atoms with Crippen molar-refractivity contribution in [2.24, 2.45) is 5.10 Å². The summed E-state index contributed by atoms with van der Waals surface area (Å²) in [5.74, 6) is -0.116. The first-order valence-corrected chi connectivity index (χ1v) is 10.1. The highest BCUT2D eigenvalue weighted by Gasteiger charge is 2.17. The van der Waals surface area contributed by atoms with Crippen LogP contribution in [-0.4, -0.2) is 11.6 Å². The number of carbonyl (C=O) groups is 1. The Morgan fingerprint density at radius 2 is 1.67 bits per heavy atom. The number of hydrogen-bond donors (Lipinski definition) is 1. The van der Waals surface area contributed by atoms with Crippen molar-refractivity contribution in [1.82, 2.24) is 5.43 Å². The van der Waals surface area contributed by atoms with Gasteiger partial charge < -0.3 is 0 Å². The lowest BCUT2D eigenvalue weighted by Gasteiger charge is -2.08. The lowest BCUT2D eigenvalue weighted by molar-refractivity contribution is 0.0959. The Bertz CT molecular complexity index is 948. The van der Waals surface area contributed by atoms with E-state index in [0.717, 1.165) is 29.0 Å². The highest BCUT2D eigenvalue weighted by atomic mass is 32.1. The van der Waals surface area contributed by atoms with Crippen LogP contribution in [0.3, 0.4) is 0 Å². The van der Waals surface area contributed by atoms with E-state index < -0.39 is 0 Å². The average Bonchev–Trinajstić information content (AvgIpc) is 3.17. The van der Waals surface area contributed by atoms with Gasteiger partial charge in [-0.3, -0.25) is 4.79 Å². The third kappa shape index (κ3) is 4.01. The van der Waals surface area contributed by atoms with E-state index in [1.54, 1.807) is 11.3 Å². The van der Waals surface area contributed by atoms with E-state index in [9.17, 15) is 4.79 Å². The van der Waals surface area contributed by atoms with Crippen LogP contribution in [0, 0.1) is 0 Å². The van der Waals surface area contributed by atoms with Gasteiger partial charge in [-0.1, -0.05) is 54.6 Å². The number of benzene rings is 2. The van der Waals surface area contributed by atoms with E-state index >= 15 is 0 Å². The summed E-state index contributed by atoms with van der Waals surface area (Å²) < 4.78 is 0. The molecule has 1 N–H and O–H groups in total. The number of thiophene rings is 1. The van der Waals surface area contributed by atoms with Gasteiger partial charge in [-0.05, 0) is 60.9 Å². The van der Waals surface area contributed by atoms with Crippen molar-refractivity contribution in [1.29, 1.82) is 0 Å². The lowest BCUT2D eigenvalue weighted by Crippen LogP contribution is -2.18. The number of fused-ring (bicyclic) bond motifs is 1. The van der Waals surface area contributed by atoms with Gasteiger partial charge in [0, 0.05) is 4.88 Å². The van der Waals surface area contributed by atoms with Crippen LogP contribution in [0.2, 0.25) is 0 Å². The molecule has 3 aromatic rings.